The van der Waals surface area contributed by atoms with E-state index in [-0.39, 0.29) is 75.0 Å². The number of benzene rings is 3. The molecule has 1 aliphatic heterocycles. The highest BCUT2D eigenvalue weighted by Gasteiger charge is 2.39. The van der Waals surface area contributed by atoms with Crippen LogP contribution < -0.4 is 38.5 Å². The van der Waals surface area contributed by atoms with Gasteiger partial charge in [0.1, 0.15) is 11.8 Å². The Morgan fingerprint density at radius 3 is 1.82 bits per heavy atom. The molecule has 1 fully saturated rings. The van der Waals surface area contributed by atoms with Crippen LogP contribution >= 0.6 is 0 Å². The number of phenols is 1. The van der Waals surface area contributed by atoms with Gasteiger partial charge in [-0.1, -0.05) is 113 Å². The molecule has 4 rings (SSSR count). The zero-order valence-electron chi connectivity index (χ0n) is 52.1. The van der Waals surface area contributed by atoms with Crippen LogP contribution in [0.25, 0.3) is 0 Å². The number of hydrogen-bond donors (Lipinski definition) is 10. The number of guanidine groups is 1. The third-order valence-electron chi connectivity index (χ3n) is 16.5. The van der Waals surface area contributed by atoms with Gasteiger partial charge in [-0.15, -0.1) is 0 Å². The second-order valence-corrected chi connectivity index (χ2v) is 23.7. The van der Waals surface area contributed by atoms with Crippen molar-refractivity contribution in [1.82, 2.24) is 26.2 Å². The van der Waals surface area contributed by atoms with Crippen LogP contribution in [-0.4, -0.2) is 141 Å². The van der Waals surface area contributed by atoms with Crippen molar-refractivity contribution in [2.24, 2.45) is 51.8 Å². The Morgan fingerprint density at radius 1 is 0.618 bits per heavy atom. The van der Waals surface area contributed by atoms with Gasteiger partial charge in [0.15, 0.2) is 29.1 Å². The van der Waals surface area contributed by atoms with Crippen LogP contribution in [0.15, 0.2) is 83.9 Å². The van der Waals surface area contributed by atoms with Crippen LogP contribution in [0.2, 0.25) is 0 Å². The number of aliphatic carboxylic acids is 2. The number of carboxylic acids is 2. The Labute approximate surface area is 521 Å². The number of ketones is 4. The molecule has 1 heterocycles. The Kier molecular flexibility index (Phi) is 30.8. The Balaban J connectivity index is 1.51. The van der Waals surface area contributed by atoms with Crippen LogP contribution in [0.4, 0.5) is 0 Å². The van der Waals surface area contributed by atoms with Gasteiger partial charge in [-0.3, -0.25) is 57.7 Å². The SMILES string of the molecule is CC[C@H](C)[C@H](CC(=O)[C@H](Cc1ccccc1)NC(=O)[C@H](C)CC(=O)[C@H](Cc1ccc(O)cc1)NC(=O)CCC(=O)[C@H](CCCN=C(N)N)NC(=O)[C@@H]1CCCN1C(=O)[C@@H](C)CCCCN)C(=O)N[C@@H](CCC(=O)O)C(=O)C[C@@H](Cc1ccc(C)cc1)C(=O)O. The van der Waals surface area contributed by atoms with E-state index in [1.165, 1.54) is 19.1 Å². The topological polar surface area (TPSA) is 390 Å². The summed E-state index contributed by atoms with van der Waals surface area (Å²) in [5, 5.41) is 40.7. The zero-order valence-corrected chi connectivity index (χ0v) is 52.1. The fourth-order valence-electron chi connectivity index (χ4n) is 10.8. The molecule has 3 aromatic carbocycles. The number of nitrogens with one attached hydrogen (secondary N) is 4. The zero-order chi connectivity index (χ0) is 65.7. The average Bonchev–Trinajstić information content (AvgIpc) is 2.55. The number of nitrogens with zero attached hydrogens (tertiary/aromatic N) is 2. The van der Waals surface area contributed by atoms with Crippen molar-refractivity contribution < 1.29 is 68.1 Å². The molecule has 0 radical (unpaired) electrons. The number of unbranched alkanes of at least 4 members (excludes halogenated alkanes) is 1. The van der Waals surface area contributed by atoms with Gasteiger partial charge < -0.3 is 58.7 Å². The predicted octanol–water partition coefficient (Wildman–Crippen LogP) is 4.57. The molecule has 1 saturated heterocycles. The van der Waals surface area contributed by atoms with E-state index in [0.29, 0.717) is 55.5 Å². The Bertz CT molecular complexity index is 2900. The minimum absolute atomic E-state index is 0.00635. The van der Waals surface area contributed by atoms with Crippen molar-refractivity contribution >= 4 is 70.6 Å². The third-order valence-corrected chi connectivity index (χ3v) is 16.5. The number of likely N-dealkylation sites (tertiary alicyclic amines) is 1. The summed E-state index contributed by atoms with van der Waals surface area (Å²) in [4.78, 5) is 156. The number of hydrogen-bond acceptors (Lipinski definition) is 14. The smallest absolute Gasteiger partial charge is 0.307 e. The van der Waals surface area contributed by atoms with E-state index >= 15 is 0 Å². The van der Waals surface area contributed by atoms with Crippen LogP contribution in [0.1, 0.15) is 146 Å². The van der Waals surface area contributed by atoms with Crippen molar-refractivity contribution in [2.45, 2.75) is 180 Å². The van der Waals surface area contributed by atoms with Gasteiger partial charge in [0.05, 0.1) is 30.1 Å². The van der Waals surface area contributed by atoms with Crippen molar-refractivity contribution in [3.8, 4) is 5.75 Å². The van der Waals surface area contributed by atoms with E-state index in [4.69, 9.17) is 17.2 Å². The lowest BCUT2D eigenvalue weighted by Gasteiger charge is -2.28. The summed E-state index contributed by atoms with van der Waals surface area (Å²) in [5.74, 6) is -12.0. The molecule has 10 atom stereocenters. The molecule has 0 saturated carbocycles. The molecule has 486 valence electrons. The van der Waals surface area contributed by atoms with E-state index in [1.54, 1.807) is 73.3 Å². The van der Waals surface area contributed by atoms with Gasteiger partial charge in [0.25, 0.3) is 0 Å². The molecule has 89 heavy (non-hydrogen) atoms. The quantitative estimate of drug-likeness (QED) is 0.0211. The molecular formula is C66H93N9O14. The number of aryl methyl sites for hydroxylation is 1. The number of rotatable bonds is 41. The largest absolute Gasteiger partial charge is 0.508 e. The lowest BCUT2D eigenvalue weighted by atomic mass is 9.83. The summed E-state index contributed by atoms with van der Waals surface area (Å²) in [5.41, 5.74) is 19.5. The molecule has 23 nitrogen and oxygen atoms in total. The molecule has 5 amide bonds. The molecule has 0 bridgehead atoms. The maximum absolute atomic E-state index is 14.6. The van der Waals surface area contributed by atoms with Crippen LogP contribution in [-0.2, 0) is 72.0 Å². The van der Waals surface area contributed by atoms with Crippen molar-refractivity contribution in [3.05, 3.63) is 101 Å². The monoisotopic (exact) mass is 1240 g/mol. The molecule has 0 aliphatic carbocycles. The number of carboxylic acid groups (broad SMARTS) is 2. The van der Waals surface area contributed by atoms with E-state index in [0.717, 1.165) is 18.4 Å². The maximum Gasteiger partial charge on any atom is 0.307 e. The summed E-state index contributed by atoms with van der Waals surface area (Å²) in [6.45, 7) is 9.73. The maximum atomic E-state index is 14.6. The molecule has 13 N–H and O–H groups in total. The average molecular weight is 1240 g/mol. The summed E-state index contributed by atoms with van der Waals surface area (Å²) in [7, 11) is 0. The fourth-order valence-corrected chi connectivity index (χ4v) is 10.8. The normalized spacial score (nSPS) is 15.9. The van der Waals surface area contributed by atoms with Gasteiger partial charge >= 0.3 is 11.9 Å². The second-order valence-electron chi connectivity index (χ2n) is 23.7. The highest BCUT2D eigenvalue weighted by atomic mass is 16.4. The predicted molar refractivity (Wildman–Crippen MR) is 334 cm³/mol. The van der Waals surface area contributed by atoms with E-state index < -0.39 is 145 Å². The minimum Gasteiger partial charge on any atom is -0.508 e. The lowest BCUT2D eigenvalue weighted by Crippen LogP contribution is -2.52. The first-order valence-corrected chi connectivity index (χ1v) is 31.0. The van der Waals surface area contributed by atoms with Gasteiger partial charge in [-0.25, -0.2) is 0 Å². The number of carbonyl (C=O) groups is 11. The lowest BCUT2D eigenvalue weighted by molar-refractivity contribution is -0.144. The highest BCUT2D eigenvalue weighted by Crippen LogP contribution is 2.26. The first-order valence-electron chi connectivity index (χ1n) is 31.0. The first-order chi connectivity index (χ1) is 42.3. The fraction of sp³-hybridized carbons (Fsp3) is 0.545. The number of amides is 5. The van der Waals surface area contributed by atoms with Crippen molar-refractivity contribution in [3.63, 3.8) is 0 Å². The number of phenolic OH excluding ortho intramolecular Hbond substituents is 1. The Morgan fingerprint density at radius 2 is 1.20 bits per heavy atom. The number of Topliss-reactive ketones (excluding diaryl/α,β-unsaturated/α-hetero) is 4. The van der Waals surface area contributed by atoms with Gasteiger partial charge in [0.2, 0.25) is 29.5 Å². The third kappa shape index (κ3) is 25.4. The molecule has 0 spiro atoms. The molecule has 0 aromatic heterocycles. The standard InChI is InChI=1S/C66H93N9O14/c1-6-41(3)49(62(85)72-51(27-30-60(82)83)57(79)38-47(65(88)89)35-45-21-19-40(2)20-22-45)39-58(80)53(36-44-15-8-7-9-16-44)74-61(84)43(5)34-56(78)52(37-46-23-25-48(76)26-24-46)71-59(81)29-28-55(77)50(17-12-32-70-66(68)69)73-63(86)54-18-13-33-75(54)64(87)42(4)14-10-11-31-67/h7-9,15-16,19-26,41-43,47,49-54,76H,6,10-14,17-18,27-39,67H2,1-5H3,(H,71,81)(H,72,85)(H,73,86)(H,74,84)(H,82,83)(H,88,89)(H4,68,69,70)/t41-,42-,43+,47+,49-,50-,51-,52-,53-,54-/m0/s1. The van der Waals surface area contributed by atoms with Gasteiger partial charge in [0, 0.05) is 69.4 Å². The molecule has 0 unspecified atom stereocenters. The van der Waals surface area contributed by atoms with Gasteiger partial charge in [-0.2, -0.15) is 0 Å². The number of carbonyl (C=O) groups excluding carboxylic acids is 9. The molecule has 3 aromatic rings. The number of nitrogens with two attached hydrogens (primary N) is 3. The Hall–Kier alpha value is -8.34. The number of aromatic hydroxyl groups is 1. The van der Waals surface area contributed by atoms with E-state index in [2.05, 4.69) is 26.3 Å². The second kappa shape index (κ2) is 37.5. The highest BCUT2D eigenvalue weighted by molar-refractivity contribution is 5.98. The number of aliphatic imine (C=N–C) groups is 1. The molecule has 23 heteroatoms. The van der Waals surface area contributed by atoms with Crippen molar-refractivity contribution in [2.75, 3.05) is 19.6 Å². The van der Waals surface area contributed by atoms with E-state index in [9.17, 15) is 68.1 Å². The van der Waals surface area contributed by atoms with Gasteiger partial charge in [-0.05, 0) is 112 Å². The van der Waals surface area contributed by atoms with Crippen molar-refractivity contribution in [1.29, 1.82) is 0 Å². The van der Waals surface area contributed by atoms with Crippen LogP contribution in [0, 0.1) is 36.5 Å². The summed E-state index contributed by atoms with van der Waals surface area (Å²) >= 11 is 0. The minimum atomic E-state index is -1.40. The van der Waals surface area contributed by atoms with Crippen LogP contribution in [0.5, 0.6) is 5.75 Å². The van der Waals surface area contributed by atoms with E-state index in [1.807, 2.05) is 26.0 Å². The molecular weight excluding hydrogens is 1140 g/mol. The molecule has 1 aliphatic rings. The summed E-state index contributed by atoms with van der Waals surface area (Å²) < 4.78 is 0. The summed E-state index contributed by atoms with van der Waals surface area (Å²) in [6.07, 6.45) is 0.831. The van der Waals surface area contributed by atoms with Crippen LogP contribution in [0.3, 0.4) is 0 Å². The summed E-state index contributed by atoms with van der Waals surface area (Å²) in [6, 6.07) is 16.0. The first kappa shape index (κ1) is 73.1.